The molecule has 1 saturated carbocycles. The van der Waals surface area contributed by atoms with E-state index in [0.29, 0.717) is 5.92 Å². The Morgan fingerprint density at radius 3 is 2.68 bits per heavy atom. The van der Waals surface area contributed by atoms with Crippen LogP contribution >= 0.6 is 0 Å². The number of para-hydroxylation sites is 1. The highest BCUT2D eigenvalue weighted by Gasteiger charge is 2.56. The minimum absolute atomic E-state index is 0.183. The van der Waals surface area contributed by atoms with Gasteiger partial charge in [0.1, 0.15) is 12.1 Å². The number of anilines is 1. The van der Waals surface area contributed by atoms with Crippen molar-refractivity contribution in [1.82, 2.24) is 10.2 Å². The van der Waals surface area contributed by atoms with Crippen LogP contribution in [0.3, 0.4) is 0 Å². The van der Waals surface area contributed by atoms with Gasteiger partial charge in [0.2, 0.25) is 5.91 Å². The maximum absolute atomic E-state index is 12.6. The summed E-state index contributed by atoms with van der Waals surface area (Å²) in [5.41, 5.74) is 0.934. The van der Waals surface area contributed by atoms with Crippen LogP contribution in [0, 0.1) is 5.92 Å². The standard InChI is InChI=1S/C19H25N3O3/c1-4-12(2)14-7-5-6-8-15(14)20-16(23)11-22-17(24)19(3,13-9-10-13)21-18(22)25/h5-8,12-13H,4,9-11H2,1-3H3,(H,20,23)(H,21,25)/t12-,19+/m1/s1. The van der Waals surface area contributed by atoms with Crippen LogP contribution in [0.2, 0.25) is 0 Å². The van der Waals surface area contributed by atoms with Crippen molar-refractivity contribution < 1.29 is 14.4 Å². The molecule has 1 heterocycles. The first-order valence-electron chi connectivity index (χ1n) is 8.89. The fourth-order valence-electron chi connectivity index (χ4n) is 3.39. The van der Waals surface area contributed by atoms with E-state index in [1.807, 2.05) is 24.3 Å². The smallest absolute Gasteiger partial charge is 0.324 e. The van der Waals surface area contributed by atoms with Gasteiger partial charge in [0.25, 0.3) is 5.91 Å². The second-order valence-corrected chi connectivity index (χ2v) is 7.24. The number of hydrogen-bond donors (Lipinski definition) is 2. The molecule has 1 aliphatic heterocycles. The van der Waals surface area contributed by atoms with Crippen molar-refractivity contribution in [2.24, 2.45) is 5.92 Å². The molecular weight excluding hydrogens is 318 g/mol. The van der Waals surface area contributed by atoms with Gasteiger partial charge < -0.3 is 10.6 Å². The van der Waals surface area contributed by atoms with Gasteiger partial charge in [-0.1, -0.05) is 32.0 Å². The van der Waals surface area contributed by atoms with E-state index in [2.05, 4.69) is 24.5 Å². The number of imide groups is 1. The number of carbonyl (C=O) groups excluding carboxylic acids is 3. The molecule has 2 fully saturated rings. The topological polar surface area (TPSA) is 78.5 Å². The van der Waals surface area contributed by atoms with Crippen LogP contribution in [0.1, 0.15) is 51.5 Å². The van der Waals surface area contributed by atoms with Gasteiger partial charge in [-0.3, -0.25) is 14.5 Å². The number of carbonyl (C=O) groups is 3. The third-order valence-electron chi connectivity index (χ3n) is 5.37. The van der Waals surface area contributed by atoms with E-state index in [9.17, 15) is 14.4 Å². The molecule has 1 saturated heterocycles. The predicted octanol–water partition coefficient (Wildman–Crippen LogP) is 2.86. The van der Waals surface area contributed by atoms with E-state index < -0.39 is 11.6 Å². The molecule has 3 rings (SSSR count). The molecule has 6 heteroatoms. The molecule has 0 bridgehead atoms. The summed E-state index contributed by atoms with van der Waals surface area (Å²) in [6.07, 6.45) is 2.83. The van der Waals surface area contributed by atoms with Crippen molar-refractivity contribution in [3.63, 3.8) is 0 Å². The molecule has 1 aliphatic carbocycles. The van der Waals surface area contributed by atoms with E-state index in [0.717, 1.165) is 35.4 Å². The van der Waals surface area contributed by atoms with Gasteiger partial charge in [-0.15, -0.1) is 0 Å². The average molecular weight is 343 g/mol. The Morgan fingerprint density at radius 1 is 1.36 bits per heavy atom. The Kier molecular flexibility index (Phi) is 4.54. The summed E-state index contributed by atoms with van der Waals surface area (Å²) in [6, 6.07) is 7.15. The van der Waals surface area contributed by atoms with Gasteiger partial charge in [0, 0.05) is 5.69 Å². The normalized spacial score (nSPS) is 24.2. The Morgan fingerprint density at radius 2 is 2.04 bits per heavy atom. The van der Waals surface area contributed by atoms with E-state index >= 15 is 0 Å². The lowest BCUT2D eigenvalue weighted by Crippen LogP contribution is -2.46. The molecule has 2 atom stereocenters. The fourth-order valence-corrected chi connectivity index (χ4v) is 3.39. The molecular formula is C19H25N3O3. The first-order valence-corrected chi connectivity index (χ1v) is 8.89. The quantitative estimate of drug-likeness (QED) is 0.780. The molecule has 2 aliphatic rings. The van der Waals surface area contributed by atoms with E-state index in [4.69, 9.17) is 0 Å². The zero-order chi connectivity index (χ0) is 18.2. The third-order valence-corrected chi connectivity index (χ3v) is 5.37. The van der Waals surface area contributed by atoms with Gasteiger partial charge in [0.15, 0.2) is 0 Å². The SMILES string of the molecule is CC[C@@H](C)c1ccccc1NC(=O)CN1C(=O)N[C@@](C)(C2CC2)C1=O. The number of rotatable bonds is 6. The van der Waals surface area contributed by atoms with Crippen LogP contribution in [0.25, 0.3) is 0 Å². The molecule has 4 amide bonds. The van der Waals surface area contributed by atoms with Gasteiger partial charge in [-0.2, -0.15) is 0 Å². The van der Waals surface area contributed by atoms with Crippen molar-refractivity contribution in [2.75, 3.05) is 11.9 Å². The maximum atomic E-state index is 12.6. The summed E-state index contributed by atoms with van der Waals surface area (Å²) in [4.78, 5) is 38.2. The summed E-state index contributed by atoms with van der Waals surface area (Å²) in [5.74, 6) is -0.167. The highest BCUT2D eigenvalue weighted by atomic mass is 16.2. The summed E-state index contributed by atoms with van der Waals surface area (Å²) >= 11 is 0. The second-order valence-electron chi connectivity index (χ2n) is 7.24. The van der Waals surface area contributed by atoms with Crippen LogP contribution in [0.15, 0.2) is 24.3 Å². The van der Waals surface area contributed by atoms with Crippen LogP contribution in [-0.2, 0) is 9.59 Å². The maximum Gasteiger partial charge on any atom is 0.325 e. The van der Waals surface area contributed by atoms with Gasteiger partial charge in [0.05, 0.1) is 0 Å². The van der Waals surface area contributed by atoms with Crippen LogP contribution in [-0.4, -0.2) is 34.8 Å². The van der Waals surface area contributed by atoms with Crippen LogP contribution in [0.5, 0.6) is 0 Å². The Hall–Kier alpha value is -2.37. The van der Waals surface area contributed by atoms with Gasteiger partial charge >= 0.3 is 6.03 Å². The lowest BCUT2D eigenvalue weighted by atomic mass is 9.96. The zero-order valence-electron chi connectivity index (χ0n) is 15.0. The molecule has 134 valence electrons. The predicted molar refractivity (Wildman–Crippen MR) is 95.2 cm³/mol. The van der Waals surface area contributed by atoms with Crippen LogP contribution in [0.4, 0.5) is 10.5 Å². The molecule has 1 aromatic carbocycles. The molecule has 2 N–H and O–H groups in total. The van der Waals surface area contributed by atoms with Crippen molar-refractivity contribution in [2.45, 2.75) is 51.5 Å². The van der Waals surface area contributed by atoms with Crippen molar-refractivity contribution in [3.05, 3.63) is 29.8 Å². The lowest BCUT2D eigenvalue weighted by Gasteiger charge is -2.21. The lowest BCUT2D eigenvalue weighted by molar-refractivity contribution is -0.134. The highest BCUT2D eigenvalue weighted by Crippen LogP contribution is 2.42. The number of benzene rings is 1. The largest absolute Gasteiger partial charge is 0.325 e. The monoisotopic (exact) mass is 343 g/mol. The molecule has 0 aromatic heterocycles. The van der Waals surface area contributed by atoms with Gasteiger partial charge in [-0.25, -0.2) is 4.79 Å². The molecule has 6 nitrogen and oxygen atoms in total. The molecule has 0 unspecified atom stereocenters. The van der Waals surface area contributed by atoms with E-state index in [1.165, 1.54) is 0 Å². The summed E-state index contributed by atoms with van der Waals surface area (Å²) in [6.45, 7) is 5.68. The minimum Gasteiger partial charge on any atom is -0.324 e. The number of nitrogens with zero attached hydrogens (tertiary/aromatic N) is 1. The first-order chi connectivity index (χ1) is 11.9. The first kappa shape index (κ1) is 17.5. The highest BCUT2D eigenvalue weighted by molar-refractivity contribution is 6.10. The third kappa shape index (κ3) is 3.25. The summed E-state index contributed by atoms with van der Waals surface area (Å²) < 4.78 is 0. The minimum atomic E-state index is -0.855. The summed E-state index contributed by atoms with van der Waals surface area (Å²) in [5, 5.41) is 5.61. The Labute approximate surface area is 148 Å². The van der Waals surface area contributed by atoms with Gasteiger partial charge in [-0.05, 0) is 49.7 Å². The number of hydrogen-bond acceptors (Lipinski definition) is 3. The Balaban J connectivity index is 1.69. The summed E-state index contributed by atoms with van der Waals surface area (Å²) in [7, 11) is 0. The van der Waals surface area contributed by atoms with Crippen molar-refractivity contribution in [3.8, 4) is 0 Å². The zero-order valence-corrected chi connectivity index (χ0v) is 15.0. The van der Waals surface area contributed by atoms with E-state index in [1.54, 1.807) is 6.92 Å². The number of urea groups is 1. The average Bonchev–Trinajstić information content (AvgIpc) is 3.41. The number of amides is 4. The molecule has 1 aromatic rings. The van der Waals surface area contributed by atoms with Crippen molar-refractivity contribution >= 4 is 23.5 Å². The van der Waals surface area contributed by atoms with Crippen LogP contribution < -0.4 is 10.6 Å². The molecule has 0 spiro atoms. The van der Waals surface area contributed by atoms with Crippen molar-refractivity contribution in [1.29, 1.82) is 0 Å². The Bertz CT molecular complexity index is 714. The molecule has 0 radical (unpaired) electrons. The number of nitrogens with one attached hydrogen (secondary N) is 2. The fraction of sp³-hybridized carbons (Fsp3) is 0.526. The second kappa shape index (κ2) is 6.50. The molecule has 25 heavy (non-hydrogen) atoms. The van der Waals surface area contributed by atoms with E-state index in [-0.39, 0.29) is 24.3 Å².